The van der Waals surface area contributed by atoms with Gasteiger partial charge >= 0.3 is 0 Å². The third-order valence-corrected chi connectivity index (χ3v) is 34.1. The van der Waals surface area contributed by atoms with Crippen molar-refractivity contribution in [3.63, 3.8) is 0 Å². The summed E-state index contributed by atoms with van der Waals surface area (Å²) in [6, 6.07) is 55.0. The average molecular weight is 1230 g/mol. The molecule has 9 heteroatoms. The van der Waals surface area contributed by atoms with Gasteiger partial charge in [-0.25, -0.2) is 9.80 Å². The van der Waals surface area contributed by atoms with E-state index in [0.717, 1.165) is 96.3 Å². The van der Waals surface area contributed by atoms with E-state index in [4.69, 9.17) is 0 Å². The van der Waals surface area contributed by atoms with E-state index in [-0.39, 0.29) is 44.8 Å². The van der Waals surface area contributed by atoms with E-state index in [9.17, 15) is 0 Å². The topological polar surface area (TPSA) is 91.8 Å². The van der Waals surface area contributed by atoms with Crippen LogP contribution in [0.4, 0.5) is 0 Å². The van der Waals surface area contributed by atoms with Gasteiger partial charge in [-0.2, -0.15) is 0 Å². The van der Waals surface area contributed by atoms with Gasteiger partial charge in [-0.05, 0) is 168 Å². The molecule has 0 radical (unpaired) electrons. The molecule has 0 spiro atoms. The van der Waals surface area contributed by atoms with Crippen LogP contribution in [0.2, 0.25) is 33.2 Å². The zero-order valence-corrected chi connectivity index (χ0v) is 56.1. The van der Waals surface area contributed by atoms with Gasteiger partial charge in [0.1, 0.15) is 27.5 Å². The van der Waals surface area contributed by atoms with Crippen LogP contribution in [0.1, 0.15) is 147 Å². The lowest BCUT2D eigenvalue weighted by atomic mass is 9.84. The molecule has 7 nitrogen and oxygen atoms in total. The molecule has 1 aliphatic carbocycles. The van der Waals surface area contributed by atoms with Gasteiger partial charge < -0.3 is 0 Å². The molecule has 4 amide bonds. The SMILES string of the molecule is CC(C)[Si](C#Cc1ccc(C2=C(N3C(=O)c4ccc5c6cccc7cccc(c8ccc(c4c58)C3=O)c76)C(=O)C(N3C(=O)c4ccc5c6cccc7cccc(c8ccc(c4c58)C3=O)c76)=C2c2ccc(C#C[Si](C(C)C)(C(C)C)C(C)C)cc2)cc1)(C(C)C)C(C)C. The molecule has 92 heavy (non-hydrogen) atoms. The van der Waals surface area contributed by atoms with Gasteiger partial charge in [0.05, 0.1) is 0 Å². The first-order chi connectivity index (χ1) is 44.2. The molecule has 0 saturated heterocycles. The normalized spacial score (nSPS) is 14.9. The first kappa shape index (κ1) is 58.6. The van der Waals surface area contributed by atoms with Crippen LogP contribution in [-0.4, -0.2) is 55.4 Å². The van der Waals surface area contributed by atoms with E-state index >= 15 is 24.0 Å². The first-order valence-electron chi connectivity index (χ1n) is 32.5. The van der Waals surface area contributed by atoms with E-state index in [0.29, 0.717) is 55.1 Å². The summed E-state index contributed by atoms with van der Waals surface area (Å²) in [6.45, 7) is 27.4. The molecule has 0 bridgehead atoms. The minimum atomic E-state index is -2.18. The lowest BCUT2D eigenvalue weighted by Crippen LogP contribution is -2.45. The zero-order valence-electron chi connectivity index (χ0n) is 54.1. The second-order valence-electron chi connectivity index (χ2n) is 27.7. The molecule has 0 aromatic heterocycles. The van der Waals surface area contributed by atoms with E-state index in [1.54, 1.807) is 24.3 Å². The maximum absolute atomic E-state index is 16.9. The highest BCUT2D eigenvalue weighted by molar-refractivity contribution is 6.91. The van der Waals surface area contributed by atoms with Gasteiger partial charge in [0.2, 0.25) is 5.78 Å². The van der Waals surface area contributed by atoms with Crippen molar-refractivity contribution >= 4 is 143 Å². The zero-order chi connectivity index (χ0) is 64.3. The van der Waals surface area contributed by atoms with E-state index in [1.165, 1.54) is 0 Å². The fourth-order valence-corrected chi connectivity index (χ4v) is 27.9. The lowest BCUT2D eigenvalue weighted by Gasteiger charge is -2.38. The Morgan fingerprint density at radius 1 is 0.293 bits per heavy atom. The van der Waals surface area contributed by atoms with Crippen molar-refractivity contribution in [2.75, 3.05) is 0 Å². The first-order valence-corrected chi connectivity index (χ1v) is 37.0. The van der Waals surface area contributed by atoms with Crippen molar-refractivity contribution in [3.05, 3.63) is 226 Å². The van der Waals surface area contributed by atoms with E-state index in [2.05, 4.69) is 155 Å². The number of amides is 4. The summed E-state index contributed by atoms with van der Waals surface area (Å²) in [4.78, 5) is 83.5. The standard InChI is InChI=1S/C83H70N2O5Si2/c1-45(2)91(46(3)4,47(5)6)43-41-51-25-29-55(30-26-51)71-72(56-31-27-52(28-32-56)42-44-92(48(7)8,49(9)10)50(11)12)78(85-82(89)67-39-35-63-59-23-15-19-54-20-16-24-60(70(54)59)64-36-40-68(83(85)90)76(67)74(63)64)79(86)77(71)84-80(87)65-37-33-61-57-21-13-17-53-18-14-22-58(69(53)57)62-34-38-66(81(84)88)75(65)73(61)62/h13-40,45-50H,1-12H3. The van der Waals surface area contributed by atoms with E-state index < -0.39 is 45.6 Å². The van der Waals surface area contributed by atoms with Crippen molar-refractivity contribution in [3.8, 4) is 22.9 Å². The third-order valence-electron chi connectivity index (χ3n) is 21.6. The summed E-state index contributed by atoms with van der Waals surface area (Å²) < 4.78 is 0. The molecule has 15 rings (SSSR count). The fourth-order valence-electron chi connectivity index (χ4n) is 17.5. The smallest absolute Gasteiger partial charge is 0.266 e. The maximum atomic E-state index is 16.9. The Kier molecular flexibility index (Phi) is 13.5. The van der Waals surface area contributed by atoms with Crippen LogP contribution in [0.3, 0.4) is 0 Å². The van der Waals surface area contributed by atoms with Gasteiger partial charge in [0, 0.05) is 55.3 Å². The van der Waals surface area contributed by atoms with Gasteiger partial charge in [-0.15, -0.1) is 11.1 Å². The minimum absolute atomic E-state index is 0.224. The molecule has 3 aliphatic rings. The van der Waals surface area contributed by atoms with Gasteiger partial charge in [0.25, 0.3) is 23.6 Å². The molecular weight excluding hydrogens is 1160 g/mol. The van der Waals surface area contributed by atoms with Crippen molar-refractivity contribution in [1.82, 2.24) is 9.80 Å². The van der Waals surface area contributed by atoms with Crippen LogP contribution >= 0.6 is 0 Å². The maximum Gasteiger partial charge on any atom is 0.266 e. The van der Waals surface area contributed by atoms with Crippen LogP contribution in [0, 0.1) is 22.9 Å². The van der Waals surface area contributed by atoms with Crippen molar-refractivity contribution < 1.29 is 24.0 Å². The monoisotopic (exact) mass is 1230 g/mol. The highest BCUT2D eigenvalue weighted by Gasteiger charge is 2.50. The van der Waals surface area contributed by atoms with Crippen molar-refractivity contribution in [2.45, 2.75) is 116 Å². The van der Waals surface area contributed by atoms with Gasteiger partial charge in [-0.3, -0.25) is 24.0 Å². The Hall–Kier alpha value is -9.78. The number of imide groups is 2. The van der Waals surface area contributed by atoms with Gasteiger partial charge in [0.15, 0.2) is 0 Å². The minimum Gasteiger partial charge on any atom is -0.285 e. The number of carbonyl (C=O) groups excluding carboxylic acids is 5. The molecule has 0 N–H and O–H groups in total. The number of Topliss-reactive ketones (excluding diaryl/α,β-unsaturated/α-hetero) is 1. The summed E-state index contributed by atoms with van der Waals surface area (Å²) >= 11 is 0. The van der Waals surface area contributed by atoms with Crippen LogP contribution in [-0.2, 0) is 4.79 Å². The molecule has 0 saturated carbocycles. The number of nitrogens with zero attached hydrogens (tertiary/aromatic N) is 2. The number of benzene rings is 12. The van der Waals surface area contributed by atoms with Crippen LogP contribution in [0.5, 0.6) is 0 Å². The second kappa shape index (κ2) is 21.1. The molecule has 2 aliphatic heterocycles. The average Bonchev–Trinajstić information content (AvgIpc) is 1.06. The Morgan fingerprint density at radius 3 is 0.815 bits per heavy atom. The second-order valence-corrected chi connectivity index (χ2v) is 38.8. The predicted octanol–water partition coefficient (Wildman–Crippen LogP) is 20.2. The summed E-state index contributed by atoms with van der Waals surface area (Å²) in [5.74, 6) is 3.60. The quantitative estimate of drug-likeness (QED) is 0.0447. The largest absolute Gasteiger partial charge is 0.285 e. The van der Waals surface area contributed by atoms with Gasteiger partial charge in [-0.1, -0.05) is 216 Å². The molecule has 12 aromatic carbocycles. The molecule has 0 unspecified atom stereocenters. The molecule has 450 valence electrons. The summed E-state index contributed by atoms with van der Waals surface area (Å²) in [6.07, 6.45) is 0. The number of fused-ring (bicyclic) bond motifs is 4. The van der Waals surface area contributed by atoms with Crippen molar-refractivity contribution in [2.24, 2.45) is 0 Å². The molecular formula is C83H70N2O5Si2. The van der Waals surface area contributed by atoms with Crippen LogP contribution in [0.25, 0.3) is 97.3 Å². The van der Waals surface area contributed by atoms with E-state index in [1.807, 2.05) is 97.1 Å². The number of allylic oxidation sites excluding steroid dienone is 2. The van der Waals surface area contributed by atoms with Crippen molar-refractivity contribution in [1.29, 1.82) is 0 Å². The number of hydrogen-bond donors (Lipinski definition) is 0. The number of carbonyl (C=O) groups is 5. The predicted molar refractivity (Wildman–Crippen MR) is 384 cm³/mol. The fraction of sp³-hybridized carbons (Fsp3) is 0.217. The Bertz CT molecular complexity index is 4900. The Morgan fingerprint density at radius 2 is 0.554 bits per heavy atom. The Labute approximate surface area is 538 Å². The third kappa shape index (κ3) is 8.04. The number of ketones is 1. The Balaban J connectivity index is 0.977. The molecule has 2 heterocycles. The van der Waals surface area contributed by atoms with Crippen LogP contribution < -0.4 is 0 Å². The summed E-state index contributed by atoms with van der Waals surface area (Å²) in [5.41, 5.74) is 13.6. The molecule has 12 aromatic rings. The summed E-state index contributed by atoms with van der Waals surface area (Å²) in [7, 11) is -4.36. The van der Waals surface area contributed by atoms with Crippen LogP contribution in [0.15, 0.2) is 181 Å². The lowest BCUT2D eigenvalue weighted by molar-refractivity contribution is -0.114. The molecule has 0 fully saturated rings. The number of rotatable bonds is 10. The number of hydrogen-bond acceptors (Lipinski definition) is 5. The highest BCUT2D eigenvalue weighted by atomic mass is 28.3. The highest BCUT2D eigenvalue weighted by Crippen LogP contribution is 2.52. The summed E-state index contributed by atoms with van der Waals surface area (Å²) in [5, 5.41) is 14.6. The molecule has 0 atom stereocenters.